The SMILES string of the molecule is CCNC(=O)[C@@H](CC)N(Cc1cccc(C)c1)C(=O)CCSCc1ccccc1. The molecule has 0 radical (unpaired) electrons. The van der Waals surface area contributed by atoms with Gasteiger partial charge in [-0.2, -0.15) is 11.8 Å². The van der Waals surface area contributed by atoms with Gasteiger partial charge < -0.3 is 10.2 Å². The summed E-state index contributed by atoms with van der Waals surface area (Å²) in [6, 6.07) is 18.0. The van der Waals surface area contributed by atoms with Crippen LogP contribution in [0.2, 0.25) is 0 Å². The summed E-state index contributed by atoms with van der Waals surface area (Å²) in [5.41, 5.74) is 3.47. The molecule has 0 unspecified atom stereocenters. The number of hydrogen-bond donors (Lipinski definition) is 1. The Morgan fingerprint density at radius 1 is 1.03 bits per heavy atom. The van der Waals surface area contributed by atoms with Crippen molar-refractivity contribution in [3.05, 3.63) is 71.3 Å². The van der Waals surface area contributed by atoms with Gasteiger partial charge in [0.1, 0.15) is 6.04 Å². The van der Waals surface area contributed by atoms with E-state index < -0.39 is 6.04 Å². The van der Waals surface area contributed by atoms with Gasteiger partial charge in [-0.3, -0.25) is 9.59 Å². The van der Waals surface area contributed by atoms with Crippen LogP contribution in [0.1, 0.15) is 43.4 Å². The molecule has 0 saturated heterocycles. The van der Waals surface area contributed by atoms with Crippen LogP contribution in [-0.4, -0.2) is 35.1 Å². The highest BCUT2D eigenvalue weighted by Crippen LogP contribution is 2.17. The monoisotopic (exact) mass is 412 g/mol. The van der Waals surface area contributed by atoms with E-state index in [1.54, 1.807) is 16.7 Å². The molecule has 0 aliphatic carbocycles. The van der Waals surface area contributed by atoms with Crippen molar-refractivity contribution in [2.75, 3.05) is 12.3 Å². The van der Waals surface area contributed by atoms with Crippen LogP contribution >= 0.6 is 11.8 Å². The zero-order chi connectivity index (χ0) is 21.1. The van der Waals surface area contributed by atoms with Gasteiger partial charge in [0.25, 0.3) is 0 Å². The molecule has 1 atom stereocenters. The van der Waals surface area contributed by atoms with Crippen molar-refractivity contribution < 1.29 is 9.59 Å². The maximum Gasteiger partial charge on any atom is 0.242 e. The number of nitrogens with zero attached hydrogens (tertiary/aromatic N) is 1. The maximum atomic E-state index is 13.1. The van der Waals surface area contributed by atoms with E-state index in [-0.39, 0.29) is 11.8 Å². The molecule has 156 valence electrons. The van der Waals surface area contributed by atoms with Gasteiger partial charge in [-0.05, 0) is 31.4 Å². The van der Waals surface area contributed by atoms with Crippen LogP contribution in [0, 0.1) is 6.92 Å². The Labute approximate surface area is 179 Å². The Hall–Kier alpha value is -2.27. The minimum absolute atomic E-state index is 0.0326. The molecular weight excluding hydrogens is 380 g/mol. The number of benzene rings is 2. The largest absolute Gasteiger partial charge is 0.355 e. The van der Waals surface area contributed by atoms with Gasteiger partial charge in [0.05, 0.1) is 0 Å². The normalized spacial score (nSPS) is 11.7. The van der Waals surface area contributed by atoms with Gasteiger partial charge in [-0.15, -0.1) is 0 Å². The predicted octanol–water partition coefficient (Wildman–Crippen LogP) is 4.56. The second-order valence-electron chi connectivity index (χ2n) is 7.12. The lowest BCUT2D eigenvalue weighted by atomic mass is 10.1. The van der Waals surface area contributed by atoms with Gasteiger partial charge in [0, 0.05) is 31.0 Å². The second kappa shape index (κ2) is 12.3. The Balaban J connectivity index is 2.03. The van der Waals surface area contributed by atoms with E-state index >= 15 is 0 Å². The number of hydrogen-bond acceptors (Lipinski definition) is 3. The first-order valence-corrected chi connectivity index (χ1v) is 11.4. The van der Waals surface area contributed by atoms with Gasteiger partial charge in [-0.1, -0.05) is 67.1 Å². The third-order valence-corrected chi connectivity index (χ3v) is 5.77. The van der Waals surface area contributed by atoms with E-state index in [1.165, 1.54) is 5.56 Å². The van der Waals surface area contributed by atoms with Crippen LogP contribution in [0.25, 0.3) is 0 Å². The van der Waals surface area contributed by atoms with Crippen molar-refractivity contribution in [3.8, 4) is 0 Å². The minimum atomic E-state index is -0.443. The zero-order valence-corrected chi connectivity index (χ0v) is 18.5. The van der Waals surface area contributed by atoms with Gasteiger partial charge in [-0.25, -0.2) is 0 Å². The van der Waals surface area contributed by atoms with Crippen LogP contribution in [0.15, 0.2) is 54.6 Å². The van der Waals surface area contributed by atoms with Gasteiger partial charge in [0.15, 0.2) is 0 Å². The fourth-order valence-corrected chi connectivity index (χ4v) is 4.18. The summed E-state index contributed by atoms with van der Waals surface area (Å²) in [5.74, 6) is 1.58. The first-order chi connectivity index (χ1) is 14.0. The van der Waals surface area contributed by atoms with Crippen molar-refractivity contribution in [2.24, 2.45) is 0 Å². The molecule has 29 heavy (non-hydrogen) atoms. The summed E-state index contributed by atoms with van der Waals surface area (Å²) in [7, 11) is 0. The average molecular weight is 413 g/mol. The fraction of sp³-hybridized carbons (Fsp3) is 0.417. The molecule has 0 heterocycles. The molecule has 5 heteroatoms. The number of carbonyl (C=O) groups excluding carboxylic acids is 2. The van der Waals surface area contributed by atoms with Crippen molar-refractivity contribution in [2.45, 2.75) is 52.0 Å². The molecule has 1 N–H and O–H groups in total. The van der Waals surface area contributed by atoms with Crippen molar-refractivity contribution >= 4 is 23.6 Å². The molecule has 0 spiro atoms. The van der Waals surface area contributed by atoms with Crippen LogP contribution in [-0.2, 0) is 21.9 Å². The van der Waals surface area contributed by atoms with Gasteiger partial charge >= 0.3 is 0 Å². The number of carbonyl (C=O) groups is 2. The van der Waals surface area contributed by atoms with E-state index in [0.29, 0.717) is 25.9 Å². The van der Waals surface area contributed by atoms with Crippen LogP contribution in [0.3, 0.4) is 0 Å². The number of likely N-dealkylation sites (N-methyl/N-ethyl adjacent to an activating group) is 1. The van der Waals surface area contributed by atoms with Gasteiger partial charge in [0.2, 0.25) is 11.8 Å². The van der Waals surface area contributed by atoms with Crippen molar-refractivity contribution in [1.29, 1.82) is 0 Å². The van der Waals surface area contributed by atoms with Crippen molar-refractivity contribution in [3.63, 3.8) is 0 Å². The molecule has 2 aromatic rings. The quantitative estimate of drug-likeness (QED) is 0.550. The number of nitrogens with one attached hydrogen (secondary N) is 1. The third-order valence-electron chi connectivity index (χ3n) is 4.74. The maximum absolute atomic E-state index is 13.1. The predicted molar refractivity (Wildman–Crippen MR) is 122 cm³/mol. The Bertz CT molecular complexity index is 779. The number of aryl methyl sites for hydroxylation is 1. The lowest BCUT2D eigenvalue weighted by Gasteiger charge is -2.30. The third kappa shape index (κ3) is 7.58. The number of thioether (sulfide) groups is 1. The summed E-state index contributed by atoms with van der Waals surface area (Å²) < 4.78 is 0. The molecular formula is C24H32N2O2S. The van der Waals surface area contributed by atoms with E-state index in [9.17, 15) is 9.59 Å². The minimum Gasteiger partial charge on any atom is -0.355 e. The zero-order valence-electron chi connectivity index (χ0n) is 17.7. The Morgan fingerprint density at radius 2 is 1.76 bits per heavy atom. The van der Waals surface area contributed by atoms with E-state index in [2.05, 4.69) is 23.5 Å². The molecule has 4 nitrogen and oxygen atoms in total. The summed E-state index contributed by atoms with van der Waals surface area (Å²) >= 11 is 1.75. The molecule has 0 bridgehead atoms. The highest BCUT2D eigenvalue weighted by atomic mass is 32.2. The lowest BCUT2D eigenvalue weighted by molar-refractivity contribution is -0.141. The van der Waals surface area contributed by atoms with E-state index in [1.807, 2.05) is 57.2 Å². The number of amides is 2. The van der Waals surface area contributed by atoms with E-state index in [0.717, 1.165) is 22.6 Å². The summed E-state index contributed by atoms with van der Waals surface area (Å²) in [4.78, 5) is 27.4. The highest BCUT2D eigenvalue weighted by Gasteiger charge is 2.27. The molecule has 2 aromatic carbocycles. The summed E-state index contributed by atoms with van der Waals surface area (Å²) in [6.07, 6.45) is 1.03. The molecule has 0 aliphatic rings. The van der Waals surface area contributed by atoms with Crippen LogP contribution in [0.4, 0.5) is 0 Å². The van der Waals surface area contributed by atoms with Crippen LogP contribution < -0.4 is 5.32 Å². The topological polar surface area (TPSA) is 49.4 Å². The smallest absolute Gasteiger partial charge is 0.242 e. The molecule has 0 aliphatic heterocycles. The lowest BCUT2D eigenvalue weighted by Crippen LogP contribution is -2.49. The van der Waals surface area contributed by atoms with Crippen molar-refractivity contribution in [1.82, 2.24) is 10.2 Å². The molecule has 2 amide bonds. The standard InChI is InChI=1S/C24H32N2O2S/c1-4-22(24(28)25-5-2)26(17-21-13-9-10-19(3)16-21)23(27)14-15-29-18-20-11-7-6-8-12-20/h6-13,16,22H,4-5,14-15,17-18H2,1-3H3,(H,25,28)/t22-/m1/s1. The first-order valence-electron chi connectivity index (χ1n) is 10.3. The fourth-order valence-electron chi connectivity index (χ4n) is 3.29. The average Bonchev–Trinajstić information content (AvgIpc) is 2.72. The second-order valence-corrected chi connectivity index (χ2v) is 8.22. The molecule has 0 fully saturated rings. The summed E-state index contributed by atoms with van der Waals surface area (Å²) in [5, 5.41) is 2.88. The molecule has 2 rings (SSSR count). The molecule has 0 aromatic heterocycles. The molecule has 0 saturated carbocycles. The van der Waals surface area contributed by atoms with E-state index in [4.69, 9.17) is 0 Å². The first kappa shape index (κ1) is 23.0. The highest BCUT2D eigenvalue weighted by molar-refractivity contribution is 7.98. The Kier molecular flexibility index (Phi) is 9.78. The van der Waals surface area contributed by atoms with Crippen LogP contribution in [0.5, 0.6) is 0 Å². The number of rotatable bonds is 11. The Morgan fingerprint density at radius 3 is 2.41 bits per heavy atom. The summed E-state index contributed by atoms with van der Waals surface area (Å²) in [6.45, 7) is 6.92.